The third kappa shape index (κ3) is 5.44. The van der Waals surface area contributed by atoms with Gasteiger partial charge in [0.1, 0.15) is 11.5 Å². The van der Waals surface area contributed by atoms with Gasteiger partial charge in [-0.1, -0.05) is 26.0 Å². The van der Waals surface area contributed by atoms with Crippen molar-refractivity contribution in [2.24, 2.45) is 5.92 Å². The molecule has 8 heteroatoms. The molecule has 0 fully saturated rings. The van der Waals surface area contributed by atoms with Crippen LogP contribution in [-0.4, -0.2) is 22.4 Å². The summed E-state index contributed by atoms with van der Waals surface area (Å²) in [4.78, 5) is 19.8. The van der Waals surface area contributed by atoms with Gasteiger partial charge in [-0.25, -0.2) is 9.97 Å². The van der Waals surface area contributed by atoms with Crippen LogP contribution in [-0.2, 0) is 6.18 Å². The molecule has 2 aromatic rings. The van der Waals surface area contributed by atoms with Gasteiger partial charge in [0.25, 0.3) is 5.91 Å². The molecule has 0 saturated carbocycles. The number of aromatic nitrogens is 2. The van der Waals surface area contributed by atoms with Crippen molar-refractivity contribution in [2.45, 2.75) is 26.4 Å². The van der Waals surface area contributed by atoms with Crippen molar-refractivity contribution in [1.29, 1.82) is 0 Å². The number of hydrogen-bond acceptors (Lipinski definition) is 4. The van der Waals surface area contributed by atoms with Crippen LogP contribution >= 0.6 is 0 Å². The van der Waals surface area contributed by atoms with Crippen molar-refractivity contribution in [3.8, 4) is 0 Å². The van der Waals surface area contributed by atoms with Crippen molar-refractivity contribution >= 4 is 17.4 Å². The highest BCUT2D eigenvalue weighted by atomic mass is 19.4. The van der Waals surface area contributed by atoms with Gasteiger partial charge >= 0.3 is 6.18 Å². The lowest BCUT2D eigenvalue weighted by Crippen LogP contribution is -2.26. The van der Waals surface area contributed by atoms with Gasteiger partial charge < -0.3 is 10.6 Å². The minimum atomic E-state index is -4.48. The molecule has 134 valence electrons. The number of alkyl halides is 3. The quantitative estimate of drug-likeness (QED) is 0.824. The molecule has 0 atom stereocenters. The van der Waals surface area contributed by atoms with Crippen LogP contribution in [0.3, 0.4) is 0 Å². The predicted molar refractivity (Wildman–Crippen MR) is 88.5 cm³/mol. The van der Waals surface area contributed by atoms with Crippen molar-refractivity contribution in [1.82, 2.24) is 15.3 Å². The lowest BCUT2D eigenvalue weighted by Gasteiger charge is -2.13. The summed E-state index contributed by atoms with van der Waals surface area (Å²) in [6.07, 6.45) is -1.19. The Morgan fingerprint density at radius 1 is 1.16 bits per heavy atom. The number of benzene rings is 1. The molecular weight excluding hydrogens is 333 g/mol. The van der Waals surface area contributed by atoms with E-state index >= 15 is 0 Å². The van der Waals surface area contributed by atoms with E-state index in [0.29, 0.717) is 12.5 Å². The number of amides is 1. The Labute approximate surface area is 143 Å². The van der Waals surface area contributed by atoms with Gasteiger partial charge in [0, 0.05) is 6.54 Å². The van der Waals surface area contributed by atoms with Crippen molar-refractivity contribution in [2.75, 3.05) is 11.9 Å². The highest BCUT2D eigenvalue weighted by Gasteiger charge is 2.33. The first-order valence-corrected chi connectivity index (χ1v) is 7.81. The molecular formula is C17H19F3N4O. The smallest absolute Gasteiger partial charge is 0.351 e. The second-order valence-electron chi connectivity index (χ2n) is 5.89. The molecule has 1 heterocycles. The molecule has 2 rings (SSSR count). The Balaban J connectivity index is 2.05. The summed E-state index contributed by atoms with van der Waals surface area (Å²) in [6.45, 7) is 4.62. The fourth-order valence-electron chi connectivity index (χ4n) is 2.05. The van der Waals surface area contributed by atoms with Gasteiger partial charge in [0.05, 0.1) is 23.6 Å². The van der Waals surface area contributed by atoms with Crippen molar-refractivity contribution in [3.05, 3.63) is 47.9 Å². The minimum Gasteiger partial charge on any atom is -0.351 e. The van der Waals surface area contributed by atoms with E-state index in [1.54, 1.807) is 0 Å². The van der Waals surface area contributed by atoms with Crippen LogP contribution in [0.1, 0.15) is 36.3 Å². The van der Waals surface area contributed by atoms with E-state index in [2.05, 4.69) is 20.6 Å². The summed E-state index contributed by atoms with van der Waals surface area (Å²) in [6, 6.07) is 5.08. The van der Waals surface area contributed by atoms with Gasteiger partial charge in [-0.15, -0.1) is 0 Å². The molecule has 1 aromatic carbocycles. The second-order valence-corrected chi connectivity index (χ2v) is 5.89. The molecule has 0 saturated heterocycles. The van der Waals surface area contributed by atoms with Crippen LogP contribution in [0, 0.1) is 5.92 Å². The molecule has 2 N–H and O–H groups in total. The number of rotatable bonds is 6. The predicted octanol–water partition coefficient (Wildman–Crippen LogP) is 4.01. The van der Waals surface area contributed by atoms with Gasteiger partial charge in [-0.3, -0.25) is 4.79 Å². The molecule has 0 spiro atoms. The average Bonchev–Trinajstić information content (AvgIpc) is 2.54. The normalized spacial score (nSPS) is 11.4. The van der Waals surface area contributed by atoms with Crippen LogP contribution < -0.4 is 10.6 Å². The number of anilines is 2. The van der Waals surface area contributed by atoms with E-state index in [4.69, 9.17) is 0 Å². The summed E-state index contributed by atoms with van der Waals surface area (Å²) in [5.74, 6) is 0.220. The summed E-state index contributed by atoms with van der Waals surface area (Å²) >= 11 is 0. The van der Waals surface area contributed by atoms with E-state index in [1.807, 2.05) is 13.8 Å². The van der Waals surface area contributed by atoms with Crippen LogP contribution in [0.2, 0.25) is 0 Å². The SMILES string of the molecule is CC(C)CCNC(=O)c1cnc(Nc2ccccc2C(F)(F)F)cn1. The van der Waals surface area contributed by atoms with E-state index in [9.17, 15) is 18.0 Å². The number of carbonyl (C=O) groups excluding carboxylic acids is 1. The topological polar surface area (TPSA) is 66.9 Å². The fraction of sp³-hybridized carbons (Fsp3) is 0.353. The monoisotopic (exact) mass is 352 g/mol. The Bertz CT molecular complexity index is 715. The Morgan fingerprint density at radius 3 is 2.48 bits per heavy atom. The zero-order valence-electron chi connectivity index (χ0n) is 13.9. The van der Waals surface area contributed by atoms with Crippen LogP contribution in [0.25, 0.3) is 0 Å². The van der Waals surface area contributed by atoms with Gasteiger partial charge in [0.2, 0.25) is 0 Å². The fourth-order valence-corrected chi connectivity index (χ4v) is 2.05. The molecule has 0 aliphatic heterocycles. The molecule has 0 bridgehead atoms. The summed E-state index contributed by atoms with van der Waals surface area (Å²) < 4.78 is 38.9. The number of halogens is 3. The standard InChI is InChI=1S/C17H19F3N4O/c1-11(2)7-8-21-16(25)14-9-23-15(10-22-14)24-13-6-4-3-5-12(13)17(18,19)20/h3-6,9-11H,7-8H2,1-2H3,(H,21,25)(H,23,24). The number of carbonyl (C=O) groups is 1. The van der Waals surface area contributed by atoms with E-state index in [0.717, 1.165) is 12.5 Å². The zero-order valence-corrected chi connectivity index (χ0v) is 13.9. The maximum atomic E-state index is 13.0. The first-order valence-electron chi connectivity index (χ1n) is 7.81. The molecule has 0 aliphatic carbocycles. The lowest BCUT2D eigenvalue weighted by atomic mass is 10.1. The molecule has 0 aliphatic rings. The van der Waals surface area contributed by atoms with Crippen molar-refractivity contribution in [3.63, 3.8) is 0 Å². The summed E-state index contributed by atoms with van der Waals surface area (Å²) in [5, 5.41) is 5.30. The van der Waals surface area contributed by atoms with Gasteiger partial charge in [-0.05, 0) is 24.5 Å². The van der Waals surface area contributed by atoms with E-state index in [1.165, 1.54) is 30.6 Å². The third-order valence-electron chi connectivity index (χ3n) is 3.39. The van der Waals surface area contributed by atoms with Crippen LogP contribution in [0.15, 0.2) is 36.7 Å². The van der Waals surface area contributed by atoms with E-state index in [-0.39, 0.29) is 23.1 Å². The third-order valence-corrected chi connectivity index (χ3v) is 3.39. The maximum absolute atomic E-state index is 13.0. The second kappa shape index (κ2) is 7.96. The number of nitrogens with zero attached hydrogens (tertiary/aromatic N) is 2. The summed E-state index contributed by atoms with van der Waals surface area (Å²) in [7, 11) is 0. The minimum absolute atomic E-state index is 0.110. The molecule has 1 amide bonds. The highest BCUT2D eigenvalue weighted by Crippen LogP contribution is 2.35. The number of para-hydroxylation sites is 1. The molecule has 5 nitrogen and oxygen atoms in total. The van der Waals surface area contributed by atoms with E-state index < -0.39 is 11.7 Å². The average molecular weight is 352 g/mol. The highest BCUT2D eigenvalue weighted by molar-refractivity contribution is 5.92. The molecule has 1 aromatic heterocycles. The van der Waals surface area contributed by atoms with Crippen molar-refractivity contribution < 1.29 is 18.0 Å². The Morgan fingerprint density at radius 2 is 1.88 bits per heavy atom. The molecule has 25 heavy (non-hydrogen) atoms. The molecule has 0 radical (unpaired) electrons. The molecule has 0 unspecified atom stereocenters. The first-order chi connectivity index (χ1) is 11.8. The maximum Gasteiger partial charge on any atom is 0.418 e. The first kappa shape index (κ1) is 18.7. The largest absolute Gasteiger partial charge is 0.418 e. The zero-order chi connectivity index (χ0) is 18.4. The van der Waals surface area contributed by atoms with Crippen LogP contribution in [0.4, 0.5) is 24.7 Å². The van der Waals surface area contributed by atoms with Gasteiger partial charge in [-0.2, -0.15) is 13.2 Å². The summed E-state index contributed by atoms with van der Waals surface area (Å²) in [5.41, 5.74) is -0.816. The lowest BCUT2D eigenvalue weighted by molar-refractivity contribution is -0.136. The Kier molecular flexibility index (Phi) is 5.95. The number of hydrogen-bond donors (Lipinski definition) is 2. The number of nitrogens with one attached hydrogen (secondary N) is 2. The van der Waals surface area contributed by atoms with Gasteiger partial charge in [0.15, 0.2) is 0 Å². The Hall–Kier alpha value is -2.64. The van der Waals surface area contributed by atoms with Crippen LogP contribution in [0.5, 0.6) is 0 Å².